The Hall–Kier alpha value is -3.99. The van der Waals surface area contributed by atoms with Gasteiger partial charge in [0.05, 0.1) is 0 Å². The normalized spacial score (nSPS) is 15.6. The summed E-state index contributed by atoms with van der Waals surface area (Å²) in [5, 5.41) is 9.26. The van der Waals surface area contributed by atoms with E-state index in [9.17, 15) is 0 Å². The van der Waals surface area contributed by atoms with Gasteiger partial charge < -0.3 is 0 Å². The van der Waals surface area contributed by atoms with E-state index < -0.39 is 16.1 Å². The molecule has 2 heteroatoms. The largest absolute Gasteiger partial charge is 0.113 e. The van der Waals surface area contributed by atoms with Gasteiger partial charge in [-0.05, 0) is 98.0 Å². The summed E-state index contributed by atoms with van der Waals surface area (Å²) < 4.78 is 0. The Kier molecular flexibility index (Phi) is 6.69. The van der Waals surface area contributed by atoms with E-state index >= 15 is 0 Å². The van der Waals surface area contributed by atoms with Crippen LogP contribution in [0.4, 0.5) is 0 Å². The molecule has 0 radical (unpaired) electrons. The van der Waals surface area contributed by atoms with Crippen molar-refractivity contribution in [2.75, 3.05) is 0 Å². The lowest BCUT2D eigenvalue weighted by Gasteiger charge is -2.35. The molecular formula is C46H48Si2. The zero-order valence-corrected chi connectivity index (χ0v) is 32.4. The highest BCUT2D eigenvalue weighted by Gasteiger charge is 2.42. The van der Waals surface area contributed by atoms with E-state index in [0.717, 1.165) is 0 Å². The maximum Gasteiger partial charge on any atom is 0.113 e. The van der Waals surface area contributed by atoms with E-state index in [-0.39, 0.29) is 10.8 Å². The first-order valence-corrected chi connectivity index (χ1v) is 23.7. The van der Waals surface area contributed by atoms with Gasteiger partial charge in [0.25, 0.3) is 0 Å². The van der Waals surface area contributed by atoms with Gasteiger partial charge in [0.2, 0.25) is 0 Å². The molecule has 2 heterocycles. The van der Waals surface area contributed by atoms with Crippen LogP contribution in [0.25, 0.3) is 55.3 Å². The third kappa shape index (κ3) is 4.60. The van der Waals surface area contributed by atoms with E-state index in [1.165, 1.54) is 66.4 Å². The summed E-state index contributed by atoms with van der Waals surface area (Å²) in [6.07, 6.45) is 0. The van der Waals surface area contributed by atoms with Crippen molar-refractivity contribution in [3.8, 4) is 44.5 Å². The molecule has 8 rings (SSSR count). The molecule has 0 N–H and O–H groups in total. The summed E-state index contributed by atoms with van der Waals surface area (Å²) in [6.45, 7) is 24.0. The fourth-order valence-electron chi connectivity index (χ4n) is 8.55. The summed E-state index contributed by atoms with van der Waals surface area (Å²) in [5.41, 5.74) is 14.2. The minimum atomic E-state index is -1.99. The van der Waals surface area contributed by atoms with Crippen molar-refractivity contribution < 1.29 is 0 Å². The zero-order chi connectivity index (χ0) is 34.0. The van der Waals surface area contributed by atoms with Gasteiger partial charge in [-0.3, -0.25) is 0 Å². The number of hydrogen-bond donors (Lipinski definition) is 0. The minimum absolute atomic E-state index is 0.155. The van der Waals surface area contributed by atoms with Crippen LogP contribution in [-0.4, -0.2) is 16.1 Å². The third-order valence-electron chi connectivity index (χ3n) is 11.6. The Morgan fingerprint density at radius 2 is 0.854 bits per heavy atom. The maximum atomic E-state index is 2.63. The Bertz CT molecular complexity index is 2270. The molecule has 48 heavy (non-hydrogen) atoms. The Morgan fingerprint density at radius 3 is 1.38 bits per heavy atom. The predicted molar refractivity (Wildman–Crippen MR) is 217 cm³/mol. The van der Waals surface area contributed by atoms with Gasteiger partial charge in [0.15, 0.2) is 0 Å². The first-order valence-electron chi connectivity index (χ1n) is 17.7. The Labute approximate surface area is 289 Å². The van der Waals surface area contributed by atoms with E-state index in [2.05, 4.69) is 177 Å². The van der Waals surface area contributed by atoms with Crippen LogP contribution in [0.1, 0.15) is 52.7 Å². The second-order valence-electron chi connectivity index (χ2n) is 17.5. The molecule has 0 nitrogen and oxygen atoms in total. The average Bonchev–Trinajstić information content (AvgIpc) is 3.28. The SMILES string of the molecule is CC(C)(C)c1ccc(-c2ccc3c(c2)[Si](C)(C)c2cc4c5c(cccc5c2-3)[Si](C)(C)c2cc(-c3ccc(C(C)(C)C)cc3)ccc2-4)cc1. The molecular weight excluding hydrogens is 609 g/mol. The summed E-state index contributed by atoms with van der Waals surface area (Å²) in [7, 11) is -3.96. The molecule has 0 unspecified atom stereocenters. The highest BCUT2D eigenvalue weighted by atomic mass is 28.3. The molecule has 6 aromatic carbocycles. The van der Waals surface area contributed by atoms with Crippen molar-refractivity contribution in [1.82, 2.24) is 0 Å². The number of benzene rings is 6. The quantitative estimate of drug-likeness (QED) is 0.163. The molecule has 2 aliphatic rings. The van der Waals surface area contributed by atoms with Crippen LogP contribution >= 0.6 is 0 Å². The maximum absolute atomic E-state index is 2.63. The van der Waals surface area contributed by atoms with Gasteiger partial charge in [-0.15, -0.1) is 0 Å². The third-order valence-corrected chi connectivity index (χ3v) is 18.6. The lowest BCUT2D eigenvalue weighted by molar-refractivity contribution is 0.590. The molecule has 0 saturated carbocycles. The highest BCUT2D eigenvalue weighted by Crippen LogP contribution is 2.42. The fourth-order valence-corrected chi connectivity index (χ4v) is 14.7. The molecule has 0 aromatic heterocycles. The van der Waals surface area contributed by atoms with Gasteiger partial charge in [0, 0.05) is 0 Å². The molecule has 0 bridgehead atoms. The molecule has 6 aromatic rings. The van der Waals surface area contributed by atoms with Crippen LogP contribution in [0.5, 0.6) is 0 Å². The van der Waals surface area contributed by atoms with Crippen LogP contribution in [0, 0.1) is 0 Å². The van der Waals surface area contributed by atoms with Crippen LogP contribution in [0.2, 0.25) is 26.2 Å². The minimum Gasteiger partial charge on any atom is -0.0619 e. The standard InChI is InChI=1S/C46H48Si2/c1-45(2,3)33-20-14-29(15-21-33)31-18-24-35-38-28-42-43(37-12-11-13-39(44(37)38)47(7,8)40(35)26-31)36-25-19-32(27-41(36)48(42,9)10)30-16-22-34(23-17-30)46(4,5)6/h11-28H,1-10H3. The Balaban J connectivity index is 1.28. The topological polar surface area (TPSA) is 0 Å². The van der Waals surface area contributed by atoms with E-state index in [1.807, 2.05) is 0 Å². The number of hydrogen-bond acceptors (Lipinski definition) is 0. The van der Waals surface area contributed by atoms with Crippen LogP contribution in [-0.2, 0) is 10.8 Å². The summed E-state index contributed by atoms with van der Waals surface area (Å²) in [6, 6.07) is 43.1. The van der Waals surface area contributed by atoms with Gasteiger partial charge in [-0.25, -0.2) is 0 Å². The molecule has 0 amide bonds. The first-order chi connectivity index (χ1) is 22.6. The molecule has 0 fully saturated rings. The summed E-state index contributed by atoms with van der Waals surface area (Å²) in [4.78, 5) is 0. The smallest absolute Gasteiger partial charge is 0.0619 e. The molecule has 0 saturated heterocycles. The lowest BCUT2D eigenvalue weighted by Crippen LogP contribution is -2.56. The second-order valence-corrected chi connectivity index (χ2v) is 26.2. The Morgan fingerprint density at radius 1 is 0.396 bits per heavy atom. The van der Waals surface area contributed by atoms with Crippen molar-refractivity contribution in [3.05, 3.63) is 120 Å². The van der Waals surface area contributed by atoms with Gasteiger partial charge in [-0.2, -0.15) is 0 Å². The number of fused-ring (bicyclic) bond motifs is 6. The molecule has 0 spiro atoms. The van der Waals surface area contributed by atoms with E-state index in [1.54, 1.807) is 20.7 Å². The summed E-state index contributed by atoms with van der Waals surface area (Å²) >= 11 is 0. The zero-order valence-electron chi connectivity index (χ0n) is 30.4. The van der Waals surface area contributed by atoms with Crippen LogP contribution in [0.3, 0.4) is 0 Å². The van der Waals surface area contributed by atoms with E-state index in [0.29, 0.717) is 0 Å². The lowest BCUT2D eigenvalue weighted by atomic mass is 9.86. The fraction of sp³-hybridized carbons (Fsp3) is 0.261. The number of rotatable bonds is 2. The average molecular weight is 657 g/mol. The van der Waals surface area contributed by atoms with Gasteiger partial charge >= 0.3 is 0 Å². The molecule has 0 atom stereocenters. The van der Waals surface area contributed by atoms with Crippen LogP contribution < -0.4 is 20.7 Å². The van der Waals surface area contributed by atoms with Crippen molar-refractivity contribution in [2.45, 2.75) is 78.6 Å². The summed E-state index contributed by atoms with van der Waals surface area (Å²) in [5.74, 6) is 0. The van der Waals surface area contributed by atoms with E-state index in [4.69, 9.17) is 0 Å². The van der Waals surface area contributed by atoms with Crippen molar-refractivity contribution in [2.24, 2.45) is 0 Å². The molecule has 0 aliphatic carbocycles. The van der Waals surface area contributed by atoms with Gasteiger partial charge in [0.1, 0.15) is 16.1 Å². The van der Waals surface area contributed by atoms with Gasteiger partial charge in [-0.1, -0.05) is 177 Å². The monoisotopic (exact) mass is 656 g/mol. The highest BCUT2D eigenvalue weighted by molar-refractivity contribution is 7.05. The molecule has 240 valence electrons. The first kappa shape index (κ1) is 31.3. The van der Waals surface area contributed by atoms with Crippen molar-refractivity contribution >= 4 is 47.7 Å². The molecule has 2 aliphatic heterocycles. The van der Waals surface area contributed by atoms with Crippen molar-refractivity contribution in [3.63, 3.8) is 0 Å². The van der Waals surface area contributed by atoms with Crippen LogP contribution in [0.15, 0.2) is 109 Å². The second kappa shape index (κ2) is 10.3. The predicted octanol–water partition coefficient (Wildman–Crippen LogP) is 10.4. The van der Waals surface area contributed by atoms with Crippen molar-refractivity contribution in [1.29, 1.82) is 0 Å².